The molecule has 118 valence electrons. The summed E-state index contributed by atoms with van der Waals surface area (Å²) in [5.74, 6) is 0.692. The Bertz CT molecular complexity index is 402. The van der Waals surface area contributed by atoms with Gasteiger partial charge in [0.15, 0.2) is 0 Å². The van der Waals surface area contributed by atoms with Crippen molar-refractivity contribution in [3.05, 3.63) is 30.1 Å². The molecule has 0 bridgehead atoms. The van der Waals surface area contributed by atoms with E-state index in [-0.39, 0.29) is 5.41 Å². The smallest absolute Gasteiger partial charge is 0.0547 e. The first kappa shape index (κ1) is 16.4. The molecule has 2 rings (SSSR count). The van der Waals surface area contributed by atoms with Gasteiger partial charge in [-0.1, -0.05) is 19.9 Å². The van der Waals surface area contributed by atoms with Gasteiger partial charge in [0.05, 0.1) is 6.61 Å². The van der Waals surface area contributed by atoms with Gasteiger partial charge in [-0.15, -0.1) is 0 Å². The zero-order valence-corrected chi connectivity index (χ0v) is 13.6. The molecule has 0 saturated carbocycles. The molecule has 1 aliphatic rings. The lowest BCUT2D eigenvalue weighted by Crippen LogP contribution is -2.44. The molecular formula is C17H29N3O. The third-order valence-electron chi connectivity index (χ3n) is 4.02. The number of nitrogens with zero attached hydrogens (tertiary/aromatic N) is 2. The zero-order chi connectivity index (χ0) is 15.1. The van der Waals surface area contributed by atoms with Crippen LogP contribution in [0.2, 0.25) is 0 Å². The highest BCUT2D eigenvalue weighted by Crippen LogP contribution is 2.29. The molecular weight excluding hydrogens is 262 g/mol. The standard InChI is InChI=1S/C17H29N3O/c1-15(2)9-19-12-17(6-8-21-14-17)13-20(3)11-16-5-4-7-18-10-16/h4-5,7,10,15,19H,6,8-9,11-14H2,1-3H3. The monoisotopic (exact) mass is 291 g/mol. The maximum Gasteiger partial charge on any atom is 0.0547 e. The van der Waals surface area contributed by atoms with Gasteiger partial charge in [0, 0.05) is 44.0 Å². The summed E-state index contributed by atoms with van der Waals surface area (Å²) >= 11 is 0. The molecule has 1 saturated heterocycles. The van der Waals surface area contributed by atoms with E-state index in [1.165, 1.54) is 5.56 Å². The van der Waals surface area contributed by atoms with Gasteiger partial charge in [0.25, 0.3) is 0 Å². The number of hydrogen-bond acceptors (Lipinski definition) is 4. The molecule has 0 aromatic carbocycles. The van der Waals surface area contributed by atoms with Gasteiger partial charge in [0.2, 0.25) is 0 Å². The van der Waals surface area contributed by atoms with Gasteiger partial charge >= 0.3 is 0 Å². The minimum atomic E-state index is 0.256. The second-order valence-electron chi connectivity index (χ2n) is 6.86. The molecule has 0 amide bonds. The topological polar surface area (TPSA) is 37.4 Å². The second kappa shape index (κ2) is 7.87. The Morgan fingerprint density at radius 2 is 2.33 bits per heavy atom. The summed E-state index contributed by atoms with van der Waals surface area (Å²) in [7, 11) is 2.19. The quantitative estimate of drug-likeness (QED) is 0.796. The SMILES string of the molecule is CC(C)CNCC1(CN(C)Cc2cccnc2)CCOC1. The number of pyridine rings is 1. The van der Waals surface area contributed by atoms with Crippen LogP contribution in [0.3, 0.4) is 0 Å². The van der Waals surface area contributed by atoms with Gasteiger partial charge in [-0.3, -0.25) is 4.98 Å². The average molecular weight is 291 g/mol. The molecule has 0 spiro atoms. The Hall–Kier alpha value is -0.970. The van der Waals surface area contributed by atoms with Crippen LogP contribution in [0.15, 0.2) is 24.5 Å². The summed E-state index contributed by atoms with van der Waals surface area (Å²) in [6, 6.07) is 4.14. The first-order chi connectivity index (χ1) is 10.1. The van der Waals surface area contributed by atoms with Crippen LogP contribution >= 0.6 is 0 Å². The molecule has 0 aliphatic carbocycles. The predicted molar refractivity (Wildman–Crippen MR) is 86.1 cm³/mol. The lowest BCUT2D eigenvalue weighted by molar-refractivity contribution is 0.116. The minimum absolute atomic E-state index is 0.256. The summed E-state index contributed by atoms with van der Waals surface area (Å²) in [5.41, 5.74) is 1.52. The van der Waals surface area contributed by atoms with E-state index in [1.54, 1.807) is 0 Å². The van der Waals surface area contributed by atoms with Crippen molar-refractivity contribution in [3.63, 3.8) is 0 Å². The zero-order valence-electron chi connectivity index (χ0n) is 13.6. The third-order valence-corrected chi connectivity index (χ3v) is 4.02. The van der Waals surface area contributed by atoms with Crippen LogP contribution in [0.25, 0.3) is 0 Å². The van der Waals surface area contributed by atoms with E-state index in [1.807, 2.05) is 18.5 Å². The van der Waals surface area contributed by atoms with Crippen LogP contribution in [0, 0.1) is 11.3 Å². The highest BCUT2D eigenvalue weighted by molar-refractivity contribution is 5.08. The van der Waals surface area contributed by atoms with Crippen molar-refractivity contribution in [1.29, 1.82) is 0 Å². The molecule has 4 nitrogen and oxygen atoms in total. The van der Waals surface area contributed by atoms with Gasteiger partial charge in [-0.2, -0.15) is 0 Å². The molecule has 1 unspecified atom stereocenters. The number of rotatable bonds is 8. The van der Waals surface area contributed by atoms with Gasteiger partial charge in [-0.25, -0.2) is 0 Å². The lowest BCUT2D eigenvalue weighted by atomic mass is 9.86. The maximum absolute atomic E-state index is 5.69. The Balaban J connectivity index is 1.86. The van der Waals surface area contributed by atoms with E-state index < -0.39 is 0 Å². The summed E-state index contributed by atoms with van der Waals surface area (Å²) in [6.07, 6.45) is 4.92. The Labute approximate surface area is 128 Å². The molecule has 0 radical (unpaired) electrons. The molecule has 4 heteroatoms. The van der Waals surface area contributed by atoms with Crippen LogP contribution < -0.4 is 5.32 Å². The fourth-order valence-corrected chi connectivity index (χ4v) is 3.03. The fraction of sp³-hybridized carbons (Fsp3) is 0.706. The minimum Gasteiger partial charge on any atom is -0.381 e. The van der Waals surface area contributed by atoms with Crippen LogP contribution in [0.4, 0.5) is 0 Å². The fourth-order valence-electron chi connectivity index (χ4n) is 3.03. The Morgan fingerprint density at radius 3 is 2.95 bits per heavy atom. The first-order valence-corrected chi connectivity index (χ1v) is 7.96. The molecule has 1 aliphatic heterocycles. The van der Waals surface area contributed by atoms with E-state index in [0.717, 1.165) is 45.8 Å². The lowest BCUT2D eigenvalue weighted by Gasteiger charge is -2.33. The first-order valence-electron chi connectivity index (χ1n) is 7.96. The van der Waals surface area contributed by atoms with E-state index in [9.17, 15) is 0 Å². The summed E-state index contributed by atoms with van der Waals surface area (Å²) < 4.78 is 5.69. The van der Waals surface area contributed by atoms with E-state index >= 15 is 0 Å². The van der Waals surface area contributed by atoms with Crippen molar-refractivity contribution >= 4 is 0 Å². The summed E-state index contributed by atoms with van der Waals surface area (Å²) in [5, 5.41) is 3.62. The van der Waals surface area contributed by atoms with E-state index in [4.69, 9.17) is 4.74 Å². The summed E-state index contributed by atoms with van der Waals surface area (Å²) in [6.45, 7) is 10.4. The number of ether oxygens (including phenoxy) is 1. The van der Waals surface area contributed by atoms with E-state index in [2.05, 4.69) is 42.2 Å². The second-order valence-corrected chi connectivity index (χ2v) is 6.86. The van der Waals surface area contributed by atoms with Crippen molar-refractivity contribution < 1.29 is 4.74 Å². The highest BCUT2D eigenvalue weighted by Gasteiger charge is 2.35. The van der Waals surface area contributed by atoms with Crippen LogP contribution in [-0.2, 0) is 11.3 Å². The van der Waals surface area contributed by atoms with Crippen molar-refractivity contribution in [2.75, 3.05) is 39.9 Å². The molecule has 2 heterocycles. The van der Waals surface area contributed by atoms with E-state index in [0.29, 0.717) is 5.92 Å². The van der Waals surface area contributed by atoms with Crippen LogP contribution in [-0.4, -0.2) is 49.8 Å². The molecule has 1 aromatic rings. The van der Waals surface area contributed by atoms with Crippen molar-refractivity contribution in [3.8, 4) is 0 Å². The molecule has 1 N–H and O–H groups in total. The number of aromatic nitrogens is 1. The van der Waals surface area contributed by atoms with Crippen molar-refractivity contribution in [2.24, 2.45) is 11.3 Å². The molecule has 1 aromatic heterocycles. The number of nitrogens with one attached hydrogen (secondary N) is 1. The van der Waals surface area contributed by atoms with Crippen molar-refractivity contribution in [1.82, 2.24) is 15.2 Å². The average Bonchev–Trinajstić information content (AvgIpc) is 2.87. The Morgan fingerprint density at radius 1 is 1.48 bits per heavy atom. The molecule has 1 fully saturated rings. The predicted octanol–water partition coefficient (Wildman–Crippen LogP) is 2.17. The molecule has 1 atom stereocenters. The normalized spacial score (nSPS) is 22.3. The van der Waals surface area contributed by atoms with Gasteiger partial charge < -0.3 is 15.0 Å². The molecule has 21 heavy (non-hydrogen) atoms. The van der Waals surface area contributed by atoms with Crippen LogP contribution in [0.5, 0.6) is 0 Å². The van der Waals surface area contributed by atoms with Gasteiger partial charge in [0.1, 0.15) is 0 Å². The maximum atomic E-state index is 5.69. The van der Waals surface area contributed by atoms with Crippen molar-refractivity contribution in [2.45, 2.75) is 26.8 Å². The summed E-state index contributed by atoms with van der Waals surface area (Å²) in [4.78, 5) is 6.58. The number of hydrogen-bond donors (Lipinski definition) is 1. The Kier molecular flexibility index (Phi) is 6.15. The van der Waals surface area contributed by atoms with Crippen LogP contribution in [0.1, 0.15) is 25.8 Å². The third kappa shape index (κ3) is 5.38. The largest absolute Gasteiger partial charge is 0.381 e. The van der Waals surface area contributed by atoms with Gasteiger partial charge in [-0.05, 0) is 37.6 Å². The highest BCUT2D eigenvalue weighted by atomic mass is 16.5.